The standard InChI is InChI=1S/C15H24N2O2/c1-3-4-5-6-7-11(2)17-14-9-8-12(15(18)19)10-13(14)16/h8-11,17H,3-7,16H2,1-2H3,(H,18,19). The summed E-state index contributed by atoms with van der Waals surface area (Å²) in [7, 11) is 0. The van der Waals surface area contributed by atoms with E-state index in [1.807, 2.05) is 0 Å². The summed E-state index contributed by atoms with van der Waals surface area (Å²) in [6.45, 7) is 4.32. The molecule has 1 atom stereocenters. The molecular formula is C15H24N2O2. The van der Waals surface area contributed by atoms with Gasteiger partial charge in [0.1, 0.15) is 0 Å². The molecule has 0 aromatic heterocycles. The molecule has 0 aliphatic heterocycles. The molecule has 0 aliphatic rings. The fourth-order valence-corrected chi connectivity index (χ4v) is 2.04. The van der Waals surface area contributed by atoms with Gasteiger partial charge in [0, 0.05) is 6.04 Å². The van der Waals surface area contributed by atoms with Crippen molar-refractivity contribution in [1.82, 2.24) is 0 Å². The number of aromatic carboxylic acids is 1. The van der Waals surface area contributed by atoms with Crippen molar-refractivity contribution in [1.29, 1.82) is 0 Å². The Bertz CT molecular complexity index is 419. The number of anilines is 2. The minimum atomic E-state index is -0.953. The molecule has 106 valence electrons. The highest BCUT2D eigenvalue weighted by molar-refractivity contribution is 5.90. The third-order valence-corrected chi connectivity index (χ3v) is 3.19. The van der Waals surface area contributed by atoms with E-state index in [1.54, 1.807) is 12.1 Å². The van der Waals surface area contributed by atoms with Crippen LogP contribution in [-0.4, -0.2) is 17.1 Å². The van der Waals surface area contributed by atoms with Gasteiger partial charge in [-0.1, -0.05) is 32.6 Å². The molecule has 0 saturated carbocycles. The summed E-state index contributed by atoms with van der Waals surface area (Å²) < 4.78 is 0. The first-order chi connectivity index (χ1) is 9.04. The van der Waals surface area contributed by atoms with E-state index >= 15 is 0 Å². The molecule has 4 N–H and O–H groups in total. The molecule has 0 bridgehead atoms. The smallest absolute Gasteiger partial charge is 0.335 e. The maximum Gasteiger partial charge on any atom is 0.335 e. The van der Waals surface area contributed by atoms with Crippen LogP contribution in [0.4, 0.5) is 11.4 Å². The summed E-state index contributed by atoms with van der Waals surface area (Å²) in [6.07, 6.45) is 6.08. The average molecular weight is 264 g/mol. The van der Waals surface area contributed by atoms with Crippen molar-refractivity contribution >= 4 is 17.3 Å². The quantitative estimate of drug-likeness (QED) is 0.494. The highest BCUT2D eigenvalue weighted by Gasteiger charge is 2.08. The lowest BCUT2D eigenvalue weighted by Gasteiger charge is -2.17. The Balaban J connectivity index is 2.50. The maximum absolute atomic E-state index is 10.8. The first-order valence-electron chi connectivity index (χ1n) is 6.94. The number of rotatable bonds is 8. The molecule has 1 aromatic rings. The van der Waals surface area contributed by atoms with Crippen molar-refractivity contribution in [2.24, 2.45) is 0 Å². The van der Waals surface area contributed by atoms with E-state index in [0.717, 1.165) is 12.1 Å². The van der Waals surface area contributed by atoms with Crippen LogP contribution in [0.15, 0.2) is 18.2 Å². The Morgan fingerprint density at radius 2 is 2.11 bits per heavy atom. The largest absolute Gasteiger partial charge is 0.478 e. The van der Waals surface area contributed by atoms with Crippen LogP contribution in [0.1, 0.15) is 56.3 Å². The lowest BCUT2D eigenvalue weighted by atomic mass is 10.1. The molecule has 1 unspecified atom stereocenters. The van der Waals surface area contributed by atoms with Gasteiger partial charge >= 0.3 is 5.97 Å². The van der Waals surface area contributed by atoms with Gasteiger partial charge in [-0.25, -0.2) is 4.79 Å². The predicted octanol–water partition coefficient (Wildman–Crippen LogP) is 3.74. The number of carbonyl (C=O) groups is 1. The summed E-state index contributed by atoms with van der Waals surface area (Å²) in [5, 5.41) is 12.2. The Morgan fingerprint density at radius 1 is 1.37 bits per heavy atom. The van der Waals surface area contributed by atoms with Crippen molar-refractivity contribution in [3.8, 4) is 0 Å². The van der Waals surface area contributed by atoms with Gasteiger partial charge in [-0.3, -0.25) is 0 Å². The highest BCUT2D eigenvalue weighted by Crippen LogP contribution is 2.21. The number of carboxylic acid groups (broad SMARTS) is 1. The molecule has 4 heteroatoms. The van der Waals surface area contributed by atoms with Crippen LogP contribution in [0.3, 0.4) is 0 Å². The van der Waals surface area contributed by atoms with E-state index in [4.69, 9.17) is 10.8 Å². The Hall–Kier alpha value is -1.71. The van der Waals surface area contributed by atoms with E-state index in [-0.39, 0.29) is 5.56 Å². The fraction of sp³-hybridized carbons (Fsp3) is 0.533. The number of unbranched alkanes of at least 4 members (excludes halogenated alkanes) is 3. The molecular weight excluding hydrogens is 240 g/mol. The molecule has 1 rings (SSSR count). The number of benzene rings is 1. The Labute approximate surface area is 115 Å². The molecule has 0 spiro atoms. The minimum Gasteiger partial charge on any atom is -0.478 e. The third kappa shape index (κ3) is 5.20. The molecule has 0 heterocycles. The number of hydrogen-bond acceptors (Lipinski definition) is 3. The second kappa shape index (κ2) is 7.67. The monoisotopic (exact) mass is 264 g/mol. The van der Waals surface area contributed by atoms with Crippen LogP contribution in [0.2, 0.25) is 0 Å². The lowest BCUT2D eigenvalue weighted by Crippen LogP contribution is -2.16. The van der Waals surface area contributed by atoms with Crippen LogP contribution in [0.25, 0.3) is 0 Å². The van der Waals surface area contributed by atoms with E-state index < -0.39 is 5.97 Å². The van der Waals surface area contributed by atoms with Crippen LogP contribution in [0.5, 0.6) is 0 Å². The molecule has 4 nitrogen and oxygen atoms in total. The van der Waals surface area contributed by atoms with Gasteiger partial charge in [0.05, 0.1) is 16.9 Å². The van der Waals surface area contributed by atoms with Gasteiger partial charge in [-0.15, -0.1) is 0 Å². The second-order valence-electron chi connectivity index (χ2n) is 5.00. The number of carboxylic acids is 1. The number of hydrogen-bond donors (Lipinski definition) is 3. The van der Waals surface area contributed by atoms with Crippen molar-refractivity contribution in [3.63, 3.8) is 0 Å². The van der Waals surface area contributed by atoms with Gasteiger partial charge in [0.2, 0.25) is 0 Å². The zero-order valence-corrected chi connectivity index (χ0v) is 11.8. The topological polar surface area (TPSA) is 75.3 Å². The average Bonchev–Trinajstić information content (AvgIpc) is 2.37. The van der Waals surface area contributed by atoms with Crippen molar-refractivity contribution in [2.75, 3.05) is 11.1 Å². The van der Waals surface area contributed by atoms with Crippen molar-refractivity contribution in [3.05, 3.63) is 23.8 Å². The molecule has 0 radical (unpaired) electrons. The van der Waals surface area contributed by atoms with Gasteiger partial charge in [-0.2, -0.15) is 0 Å². The van der Waals surface area contributed by atoms with Crippen molar-refractivity contribution in [2.45, 2.75) is 52.0 Å². The number of nitrogens with one attached hydrogen (secondary N) is 1. The molecule has 0 aliphatic carbocycles. The summed E-state index contributed by atoms with van der Waals surface area (Å²) in [4.78, 5) is 10.8. The molecule has 1 aromatic carbocycles. The first kappa shape index (κ1) is 15.3. The van der Waals surface area contributed by atoms with Crippen LogP contribution in [0, 0.1) is 0 Å². The number of nitrogen functional groups attached to an aromatic ring is 1. The first-order valence-corrected chi connectivity index (χ1v) is 6.94. The predicted molar refractivity (Wildman–Crippen MR) is 79.7 cm³/mol. The normalized spacial score (nSPS) is 12.1. The fourth-order valence-electron chi connectivity index (χ4n) is 2.04. The summed E-state index contributed by atoms with van der Waals surface area (Å²) in [5.74, 6) is -0.953. The molecule has 0 amide bonds. The van der Waals surface area contributed by atoms with E-state index in [0.29, 0.717) is 11.7 Å². The van der Waals surface area contributed by atoms with Crippen molar-refractivity contribution < 1.29 is 9.90 Å². The van der Waals surface area contributed by atoms with Crippen LogP contribution in [-0.2, 0) is 0 Å². The van der Waals surface area contributed by atoms with E-state index in [1.165, 1.54) is 31.7 Å². The summed E-state index contributed by atoms with van der Waals surface area (Å²) in [6, 6.07) is 5.15. The van der Waals surface area contributed by atoms with Gasteiger partial charge in [-0.05, 0) is 31.5 Å². The minimum absolute atomic E-state index is 0.221. The van der Waals surface area contributed by atoms with Crippen LogP contribution < -0.4 is 11.1 Å². The zero-order chi connectivity index (χ0) is 14.3. The third-order valence-electron chi connectivity index (χ3n) is 3.19. The number of nitrogens with two attached hydrogens (primary N) is 1. The van der Waals surface area contributed by atoms with E-state index in [9.17, 15) is 4.79 Å². The van der Waals surface area contributed by atoms with E-state index in [2.05, 4.69) is 19.2 Å². The lowest BCUT2D eigenvalue weighted by molar-refractivity contribution is 0.0697. The summed E-state index contributed by atoms with van der Waals surface area (Å²) >= 11 is 0. The Morgan fingerprint density at radius 3 is 2.68 bits per heavy atom. The van der Waals surface area contributed by atoms with Gasteiger partial charge < -0.3 is 16.2 Å². The summed E-state index contributed by atoms with van der Waals surface area (Å²) in [5.41, 5.74) is 7.38. The Kier molecular flexibility index (Phi) is 6.19. The SMILES string of the molecule is CCCCCCC(C)Nc1ccc(C(=O)O)cc1N. The zero-order valence-electron chi connectivity index (χ0n) is 11.8. The van der Waals surface area contributed by atoms with Gasteiger partial charge in [0.25, 0.3) is 0 Å². The van der Waals surface area contributed by atoms with Crippen LogP contribution >= 0.6 is 0 Å². The molecule has 0 saturated heterocycles. The van der Waals surface area contributed by atoms with Gasteiger partial charge in [0.15, 0.2) is 0 Å². The second-order valence-corrected chi connectivity index (χ2v) is 5.00. The molecule has 19 heavy (non-hydrogen) atoms. The highest BCUT2D eigenvalue weighted by atomic mass is 16.4. The maximum atomic E-state index is 10.8. The molecule has 0 fully saturated rings.